The fourth-order valence-corrected chi connectivity index (χ4v) is 0.866. The van der Waals surface area contributed by atoms with Crippen LogP contribution in [0.2, 0.25) is 0 Å². The zero-order valence-corrected chi connectivity index (χ0v) is 7.27. The molecule has 0 spiro atoms. The molecule has 1 heterocycles. The maximum absolute atomic E-state index is 10.5. The molecule has 0 amide bonds. The van der Waals surface area contributed by atoms with Gasteiger partial charge in [-0.25, -0.2) is 4.79 Å². The van der Waals surface area contributed by atoms with E-state index in [9.17, 15) is 4.79 Å². The van der Waals surface area contributed by atoms with Crippen molar-refractivity contribution in [2.24, 2.45) is 5.73 Å². The number of hydrogen-bond acceptors (Lipinski definition) is 4. The molecule has 1 aromatic rings. The van der Waals surface area contributed by atoms with Gasteiger partial charge in [-0.15, -0.1) is 0 Å². The largest absolute Gasteiger partial charge is 0.478 e. The van der Waals surface area contributed by atoms with E-state index >= 15 is 0 Å². The number of hydrogen-bond donors (Lipinski definition) is 3. The number of nitrogens with one attached hydrogen (secondary N) is 1. The smallest absolute Gasteiger partial charge is 0.337 e. The highest BCUT2D eigenvalue weighted by Gasteiger charge is 2.03. The van der Waals surface area contributed by atoms with Gasteiger partial charge in [0.15, 0.2) is 0 Å². The highest BCUT2D eigenvalue weighted by molar-refractivity contribution is 5.87. The third-order valence-electron chi connectivity index (χ3n) is 1.57. The van der Waals surface area contributed by atoms with Crippen molar-refractivity contribution < 1.29 is 9.90 Å². The summed E-state index contributed by atoms with van der Waals surface area (Å²) in [6.07, 6.45) is 3.65. The zero-order chi connectivity index (χ0) is 10.6. The van der Waals surface area contributed by atoms with Gasteiger partial charge in [0, 0.05) is 12.4 Å². The normalized spacial score (nSPS) is 11.0. The molecule has 1 aromatic heterocycles. The van der Waals surface area contributed by atoms with E-state index in [0.717, 1.165) is 6.21 Å². The van der Waals surface area contributed by atoms with Gasteiger partial charge in [-0.05, 0) is 18.2 Å². The van der Waals surface area contributed by atoms with Gasteiger partial charge >= 0.3 is 5.97 Å². The molecule has 0 aliphatic heterocycles. The van der Waals surface area contributed by atoms with E-state index in [2.05, 4.69) is 4.98 Å². The maximum atomic E-state index is 10.5. The Morgan fingerprint density at radius 1 is 1.57 bits per heavy atom. The van der Waals surface area contributed by atoms with Crippen molar-refractivity contribution in [3.63, 3.8) is 0 Å². The average Bonchev–Trinajstić information content (AvgIpc) is 2.18. The van der Waals surface area contributed by atoms with E-state index in [4.69, 9.17) is 16.2 Å². The number of nitrogens with two attached hydrogens (primary N) is 1. The van der Waals surface area contributed by atoms with E-state index in [0.29, 0.717) is 11.4 Å². The first-order valence-corrected chi connectivity index (χ1v) is 3.81. The number of aromatic nitrogens is 1. The highest BCUT2D eigenvalue weighted by Crippen LogP contribution is 2.06. The molecular weight excluding hydrogens is 182 g/mol. The van der Waals surface area contributed by atoms with Crippen LogP contribution in [0, 0.1) is 5.41 Å². The van der Waals surface area contributed by atoms with Gasteiger partial charge in [0.2, 0.25) is 0 Å². The maximum Gasteiger partial charge on any atom is 0.337 e. The van der Waals surface area contributed by atoms with Crippen molar-refractivity contribution in [1.82, 2.24) is 4.98 Å². The molecule has 4 N–H and O–H groups in total. The number of allylic oxidation sites excluding steroid dienone is 1. The van der Waals surface area contributed by atoms with Crippen molar-refractivity contribution in [2.45, 2.75) is 0 Å². The lowest BCUT2D eigenvalue weighted by Gasteiger charge is -1.99. The minimum absolute atomic E-state index is 0.108. The molecule has 0 saturated carbocycles. The Kier molecular flexibility index (Phi) is 2.96. The van der Waals surface area contributed by atoms with Gasteiger partial charge in [0.1, 0.15) is 0 Å². The number of nitrogens with zero attached hydrogens (tertiary/aromatic N) is 1. The Hall–Kier alpha value is -2.17. The summed E-state index contributed by atoms with van der Waals surface area (Å²) in [5, 5.41) is 15.4. The molecule has 0 aliphatic rings. The fourth-order valence-electron chi connectivity index (χ4n) is 0.866. The monoisotopic (exact) mass is 191 g/mol. The predicted octanol–water partition coefficient (Wildman–Crippen LogP) is 0.729. The minimum atomic E-state index is -1.03. The number of aromatic carboxylic acids is 1. The minimum Gasteiger partial charge on any atom is -0.478 e. The Labute approximate surface area is 80.4 Å². The molecular formula is C9H9N3O2. The van der Waals surface area contributed by atoms with Crippen molar-refractivity contribution in [3.05, 3.63) is 35.7 Å². The number of carboxylic acids is 1. The SMILES string of the molecule is N=C/C=C(\N)c1ccc(C(=O)O)cn1. The molecule has 1 rings (SSSR count). The summed E-state index contributed by atoms with van der Waals surface area (Å²) in [4.78, 5) is 14.3. The van der Waals surface area contributed by atoms with Crippen molar-refractivity contribution in [3.8, 4) is 0 Å². The van der Waals surface area contributed by atoms with Gasteiger partial charge < -0.3 is 16.2 Å². The standard InChI is InChI=1S/C9H9N3O2/c10-4-3-7(11)8-2-1-6(5-12-8)9(13)14/h1-5,10H,11H2,(H,13,14)/b7-3-,10-4?. The predicted molar refractivity (Wildman–Crippen MR) is 52.1 cm³/mol. The van der Waals surface area contributed by atoms with Crippen LogP contribution in [0.25, 0.3) is 5.70 Å². The molecule has 5 heteroatoms. The fraction of sp³-hybridized carbons (Fsp3) is 0. The van der Waals surface area contributed by atoms with Crippen LogP contribution < -0.4 is 5.73 Å². The lowest BCUT2D eigenvalue weighted by Crippen LogP contribution is -2.02. The molecule has 14 heavy (non-hydrogen) atoms. The third kappa shape index (κ3) is 2.16. The van der Waals surface area contributed by atoms with Gasteiger partial charge in [0.05, 0.1) is 17.0 Å². The van der Waals surface area contributed by atoms with Crippen molar-refractivity contribution >= 4 is 17.9 Å². The lowest BCUT2D eigenvalue weighted by molar-refractivity contribution is 0.0696. The van der Waals surface area contributed by atoms with E-state index in [1.807, 2.05) is 0 Å². The van der Waals surface area contributed by atoms with Crippen LogP contribution in [0.4, 0.5) is 0 Å². The van der Waals surface area contributed by atoms with Crippen LogP contribution in [0.5, 0.6) is 0 Å². The summed E-state index contributed by atoms with van der Waals surface area (Å²) < 4.78 is 0. The average molecular weight is 191 g/mol. The molecule has 0 aliphatic carbocycles. The van der Waals surface area contributed by atoms with E-state index in [1.54, 1.807) is 0 Å². The van der Waals surface area contributed by atoms with Crippen LogP contribution in [0.15, 0.2) is 24.4 Å². The van der Waals surface area contributed by atoms with Crippen molar-refractivity contribution in [1.29, 1.82) is 5.41 Å². The van der Waals surface area contributed by atoms with E-state index in [1.165, 1.54) is 24.4 Å². The summed E-state index contributed by atoms with van der Waals surface area (Å²) >= 11 is 0. The molecule has 0 radical (unpaired) electrons. The zero-order valence-electron chi connectivity index (χ0n) is 7.27. The summed E-state index contributed by atoms with van der Waals surface area (Å²) in [7, 11) is 0. The highest BCUT2D eigenvalue weighted by atomic mass is 16.4. The molecule has 0 unspecified atom stereocenters. The lowest BCUT2D eigenvalue weighted by atomic mass is 10.2. The van der Waals surface area contributed by atoms with E-state index < -0.39 is 5.97 Å². The van der Waals surface area contributed by atoms with Crippen LogP contribution in [0.1, 0.15) is 16.1 Å². The summed E-state index contributed by atoms with van der Waals surface area (Å²) in [6, 6.07) is 2.91. The molecule has 0 saturated heterocycles. The molecule has 0 bridgehead atoms. The molecule has 72 valence electrons. The van der Waals surface area contributed by atoms with Gasteiger partial charge in [-0.3, -0.25) is 4.98 Å². The second-order valence-corrected chi connectivity index (χ2v) is 2.53. The van der Waals surface area contributed by atoms with Crippen LogP contribution in [0.3, 0.4) is 0 Å². The second kappa shape index (κ2) is 4.18. The van der Waals surface area contributed by atoms with Gasteiger partial charge in [-0.2, -0.15) is 0 Å². The van der Waals surface area contributed by atoms with Crippen LogP contribution >= 0.6 is 0 Å². The number of carbonyl (C=O) groups is 1. The second-order valence-electron chi connectivity index (χ2n) is 2.53. The van der Waals surface area contributed by atoms with Crippen LogP contribution in [-0.4, -0.2) is 22.3 Å². The first-order valence-electron chi connectivity index (χ1n) is 3.81. The number of rotatable bonds is 3. The third-order valence-corrected chi connectivity index (χ3v) is 1.57. The molecule has 5 nitrogen and oxygen atoms in total. The Balaban J connectivity index is 2.99. The van der Waals surface area contributed by atoms with Gasteiger partial charge in [0.25, 0.3) is 0 Å². The molecule has 0 atom stereocenters. The first-order chi connectivity index (χ1) is 6.65. The summed E-state index contributed by atoms with van der Waals surface area (Å²) in [6.45, 7) is 0. The van der Waals surface area contributed by atoms with Gasteiger partial charge in [-0.1, -0.05) is 0 Å². The quantitative estimate of drug-likeness (QED) is 0.613. The van der Waals surface area contributed by atoms with E-state index in [-0.39, 0.29) is 5.56 Å². The Bertz CT molecular complexity index is 382. The molecule has 0 aromatic carbocycles. The number of pyridine rings is 1. The van der Waals surface area contributed by atoms with Crippen molar-refractivity contribution in [2.75, 3.05) is 0 Å². The Morgan fingerprint density at radius 3 is 2.71 bits per heavy atom. The Morgan fingerprint density at radius 2 is 2.29 bits per heavy atom. The summed E-state index contributed by atoms with van der Waals surface area (Å²) in [5.74, 6) is -1.03. The summed E-state index contributed by atoms with van der Waals surface area (Å²) in [5.41, 5.74) is 6.43. The molecule has 0 fully saturated rings. The van der Waals surface area contributed by atoms with Crippen LogP contribution in [-0.2, 0) is 0 Å². The number of carboxylic acid groups (broad SMARTS) is 1. The first kappa shape index (κ1) is 9.91. The topological polar surface area (TPSA) is 100 Å².